The Morgan fingerprint density at radius 3 is 2.44 bits per heavy atom. The number of rotatable bonds is 4. The van der Waals surface area contributed by atoms with E-state index in [0.29, 0.717) is 28.9 Å². The molecule has 5 rings (SSSR count). The summed E-state index contributed by atoms with van der Waals surface area (Å²) >= 11 is 0. The Balaban J connectivity index is 1.71. The van der Waals surface area contributed by atoms with Gasteiger partial charge in [0, 0.05) is 29.1 Å². The number of carbonyl (C=O) groups excluding carboxylic acids is 1. The minimum absolute atomic E-state index is 0.00146. The number of ether oxygens (including phenoxy) is 1. The van der Waals surface area contributed by atoms with Gasteiger partial charge in [-0.1, -0.05) is 6.07 Å². The molecule has 3 aliphatic carbocycles. The fourth-order valence-corrected chi connectivity index (χ4v) is 4.35. The summed E-state index contributed by atoms with van der Waals surface area (Å²) < 4.78 is 41.4. The van der Waals surface area contributed by atoms with Crippen LogP contribution in [0.3, 0.4) is 0 Å². The number of benzene rings is 1. The monoisotopic (exact) mass is 376 g/mol. The highest BCUT2D eigenvalue weighted by Gasteiger charge is 2.37. The zero-order valence-corrected chi connectivity index (χ0v) is 14.8. The molecule has 0 radical (unpaired) electrons. The molecule has 2 aromatic rings. The molecule has 1 saturated carbocycles. The second-order valence-electron chi connectivity index (χ2n) is 7.15. The van der Waals surface area contributed by atoms with Crippen LogP contribution < -0.4 is 10.1 Å². The van der Waals surface area contributed by atoms with Gasteiger partial charge in [-0.2, -0.15) is 0 Å². The molecule has 0 spiro atoms. The van der Waals surface area contributed by atoms with Gasteiger partial charge in [0.15, 0.2) is 5.78 Å². The fourth-order valence-electron chi connectivity index (χ4n) is 4.35. The molecule has 0 atom stereocenters. The first kappa shape index (κ1) is 17.8. The van der Waals surface area contributed by atoms with Crippen molar-refractivity contribution in [3.05, 3.63) is 47.2 Å². The number of pyridine rings is 1. The van der Waals surface area contributed by atoms with E-state index in [9.17, 15) is 18.0 Å². The van der Waals surface area contributed by atoms with Gasteiger partial charge in [-0.25, -0.2) is 4.98 Å². The van der Waals surface area contributed by atoms with Crippen LogP contribution >= 0.6 is 0 Å². The smallest absolute Gasteiger partial charge is 0.406 e. The van der Waals surface area contributed by atoms with Crippen molar-refractivity contribution in [2.45, 2.75) is 50.8 Å². The van der Waals surface area contributed by atoms with Crippen molar-refractivity contribution in [3.63, 3.8) is 0 Å². The average molecular weight is 376 g/mol. The number of Topliss-reactive ketones (excluding diaryl/α,β-unsaturated/α-hetero) is 1. The maximum absolute atomic E-state index is 12.5. The molecule has 2 bridgehead atoms. The maximum atomic E-state index is 12.5. The number of fused-ring (bicyclic) bond motifs is 2. The number of ketones is 1. The molecule has 1 fully saturated rings. The Morgan fingerprint density at radius 1 is 1.15 bits per heavy atom. The molecule has 4 nitrogen and oxygen atoms in total. The number of alkyl halides is 3. The first-order valence-corrected chi connectivity index (χ1v) is 8.98. The zero-order chi connectivity index (χ0) is 19.2. The van der Waals surface area contributed by atoms with E-state index in [1.165, 1.54) is 18.2 Å². The van der Waals surface area contributed by atoms with E-state index in [1.54, 1.807) is 19.2 Å². The van der Waals surface area contributed by atoms with Gasteiger partial charge in [0.25, 0.3) is 0 Å². The van der Waals surface area contributed by atoms with Gasteiger partial charge in [-0.05, 0) is 62.1 Å². The highest BCUT2D eigenvalue weighted by atomic mass is 19.4. The van der Waals surface area contributed by atoms with E-state index < -0.39 is 6.36 Å². The van der Waals surface area contributed by atoms with Crippen LogP contribution in [0.5, 0.6) is 5.75 Å². The molecule has 0 saturated heterocycles. The normalized spacial score (nSPS) is 20.9. The number of halogens is 3. The number of hydrogen-bond acceptors (Lipinski definition) is 4. The summed E-state index contributed by atoms with van der Waals surface area (Å²) in [4.78, 5) is 16.5. The van der Waals surface area contributed by atoms with E-state index in [4.69, 9.17) is 0 Å². The standard InChI is InChI=1S/C20H19F3N2O2/c1-11(26)16-10-24-19(18-13-7-5-12(6-8-13)17(16)18)25-14-3-2-4-15(9-14)27-20(21,22)23/h2-4,9-10,12-13H,5-8H2,1H3,(H,24,25). The Labute approximate surface area is 154 Å². The van der Waals surface area contributed by atoms with Gasteiger partial charge in [-0.15, -0.1) is 13.2 Å². The Bertz CT molecular complexity index is 887. The predicted octanol–water partition coefficient (Wildman–Crippen LogP) is 5.68. The van der Waals surface area contributed by atoms with Crippen LogP contribution in [0.1, 0.15) is 65.9 Å². The SMILES string of the molecule is CC(=O)c1cnc(Nc2cccc(OC(F)(F)F)c2)c2c1C1CCC2CC1. The van der Waals surface area contributed by atoms with E-state index in [-0.39, 0.29) is 11.5 Å². The summed E-state index contributed by atoms with van der Waals surface area (Å²) in [7, 11) is 0. The summed E-state index contributed by atoms with van der Waals surface area (Å²) in [6, 6.07) is 5.70. The molecule has 0 unspecified atom stereocenters. The van der Waals surface area contributed by atoms with E-state index in [0.717, 1.165) is 36.8 Å². The summed E-state index contributed by atoms with van der Waals surface area (Å²) in [5.41, 5.74) is 3.25. The second-order valence-corrected chi connectivity index (χ2v) is 7.15. The van der Waals surface area contributed by atoms with Crippen molar-refractivity contribution in [1.82, 2.24) is 4.98 Å². The fraction of sp³-hybridized carbons (Fsp3) is 0.400. The third-order valence-corrected chi connectivity index (χ3v) is 5.41. The average Bonchev–Trinajstić information content (AvgIpc) is 2.61. The molecule has 3 aliphatic rings. The number of anilines is 2. The van der Waals surface area contributed by atoms with Crippen LogP contribution in [0.25, 0.3) is 0 Å². The Morgan fingerprint density at radius 2 is 1.81 bits per heavy atom. The highest BCUT2D eigenvalue weighted by molar-refractivity contribution is 5.96. The lowest BCUT2D eigenvalue weighted by Gasteiger charge is -2.40. The quantitative estimate of drug-likeness (QED) is 0.698. The number of hydrogen-bond donors (Lipinski definition) is 1. The van der Waals surface area contributed by atoms with Gasteiger partial charge in [0.05, 0.1) is 0 Å². The molecular weight excluding hydrogens is 357 g/mol. The van der Waals surface area contributed by atoms with Crippen LogP contribution in [0.15, 0.2) is 30.5 Å². The van der Waals surface area contributed by atoms with Crippen LogP contribution in [0.2, 0.25) is 0 Å². The third kappa shape index (κ3) is 3.50. The lowest BCUT2D eigenvalue weighted by molar-refractivity contribution is -0.274. The van der Waals surface area contributed by atoms with Crippen molar-refractivity contribution < 1.29 is 22.7 Å². The van der Waals surface area contributed by atoms with Gasteiger partial charge in [0.2, 0.25) is 0 Å². The van der Waals surface area contributed by atoms with E-state index in [1.807, 2.05) is 0 Å². The minimum atomic E-state index is -4.74. The zero-order valence-electron chi connectivity index (χ0n) is 14.8. The molecule has 7 heteroatoms. The third-order valence-electron chi connectivity index (χ3n) is 5.41. The molecule has 1 aromatic carbocycles. The number of nitrogens with zero attached hydrogens (tertiary/aromatic N) is 1. The molecule has 1 heterocycles. The number of nitrogens with one attached hydrogen (secondary N) is 1. The summed E-state index contributed by atoms with van der Waals surface area (Å²) in [5.74, 6) is 1.01. The van der Waals surface area contributed by atoms with E-state index >= 15 is 0 Å². The minimum Gasteiger partial charge on any atom is -0.406 e. The van der Waals surface area contributed by atoms with Crippen molar-refractivity contribution in [2.75, 3.05) is 5.32 Å². The van der Waals surface area contributed by atoms with Gasteiger partial charge >= 0.3 is 6.36 Å². The van der Waals surface area contributed by atoms with Gasteiger partial charge < -0.3 is 10.1 Å². The molecule has 142 valence electrons. The second kappa shape index (κ2) is 6.55. The summed E-state index contributed by atoms with van der Waals surface area (Å²) in [6.45, 7) is 1.55. The highest BCUT2D eigenvalue weighted by Crippen LogP contribution is 2.52. The molecule has 0 amide bonds. The molecular formula is C20H19F3N2O2. The lowest BCUT2D eigenvalue weighted by Crippen LogP contribution is -2.26. The van der Waals surface area contributed by atoms with Crippen molar-refractivity contribution in [1.29, 1.82) is 0 Å². The van der Waals surface area contributed by atoms with Crippen molar-refractivity contribution in [2.24, 2.45) is 0 Å². The molecule has 0 aliphatic heterocycles. The molecule has 27 heavy (non-hydrogen) atoms. The lowest BCUT2D eigenvalue weighted by atomic mass is 9.66. The van der Waals surface area contributed by atoms with Crippen LogP contribution in [-0.4, -0.2) is 17.1 Å². The number of aromatic nitrogens is 1. The summed E-state index contributed by atoms with van der Waals surface area (Å²) in [5, 5.41) is 3.14. The molecule has 1 N–H and O–H groups in total. The van der Waals surface area contributed by atoms with Crippen LogP contribution in [0, 0.1) is 0 Å². The van der Waals surface area contributed by atoms with Crippen LogP contribution in [0.4, 0.5) is 24.7 Å². The Hall–Kier alpha value is -2.57. The topological polar surface area (TPSA) is 51.2 Å². The largest absolute Gasteiger partial charge is 0.573 e. The van der Waals surface area contributed by atoms with Crippen LogP contribution in [-0.2, 0) is 0 Å². The Kier molecular flexibility index (Phi) is 4.32. The number of carbonyl (C=O) groups is 1. The first-order valence-electron chi connectivity index (χ1n) is 8.98. The predicted molar refractivity (Wildman–Crippen MR) is 94.6 cm³/mol. The first-order chi connectivity index (χ1) is 12.8. The summed E-state index contributed by atoms with van der Waals surface area (Å²) in [6.07, 6.45) is 1.07. The molecule has 1 aromatic heterocycles. The van der Waals surface area contributed by atoms with Crippen molar-refractivity contribution in [3.8, 4) is 5.75 Å². The van der Waals surface area contributed by atoms with E-state index in [2.05, 4.69) is 15.0 Å². The van der Waals surface area contributed by atoms with Gasteiger partial charge in [0.1, 0.15) is 11.6 Å². The van der Waals surface area contributed by atoms with Gasteiger partial charge in [-0.3, -0.25) is 4.79 Å². The maximum Gasteiger partial charge on any atom is 0.573 e. The van der Waals surface area contributed by atoms with Crippen molar-refractivity contribution >= 4 is 17.3 Å².